The van der Waals surface area contributed by atoms with Crippen LogP contribution in [-0.2, 0) is 0 Å². The molecule has 1 aromatic carbocycles. The van der Waals surface area contributed by atoms with Crippen molar-refractivity contribution >= 4 is 15.9 Å². The number of hydrogen-bond acceptors (Lipinski definition) is 2. The van der Waals surface area contributed by atoms with Crippen LogP contribution in [0.3, 0.4) is 0 Å². The molecule has 0 bridgehead atoms. The quantitative estimate of drug-likeness (QED) is 0.857. The molecule has 0 saturated heterocycles. The van der Waals surface area contributed by atoms with Crippen molar-refractivity contribution in [3.8, 4) is 5.75 Å². The van der Waals surface area contributed by atoms with E-state index in [1.54, 1.807) is 0 Å². The highest BCUT2D eigenvalue weighted by Crippen LogP contribution is 2.29. The molecule has 0 spiro atoms. The minimum atomic E-state index is 0.614. The smallest absolute Gasteiger partial charge is 0.119 e. The van der Waals surface area contributed by atoms with Crippen LogP contribution >= 0.6 is 15.9 Å². The molecule has 1 aromatic rings. The lowest BCUT2D eigenvalue weighted by Gasteiger charge is -2.22. The molecule has 1 fully saturated rings. The summed E-state index contributed by atoms with van der Waals surface area (Å²) in [5, 5.41) is 3.45. The van der Waals surface area contributed by atoms with E-state index in [0.717, 1.165) is 29.2 Å². The van der Waals surface area contributed by atoms with Crippen molar-refractivity contribution in [3.05, 3.63) is 28.7 Å². The Labute approximate surface area is 118 Å². The minimum absolute atomic E-state index is 0.614. The highest BCUT2D eigenvalue weighted by Gasteiger charge is 2.23. The summed E-state index contributed by atoms with van der Waals surface area (Å²) in [6.07, 6.45) is 6.65. The van der Waals surface area contributed by atoms with Gasteiger partial charge in [0.1, 0.15) is 5.75 Å². The first-order valence-corrected chi connectivity index (χ1v) is 7.64. The van der Waals surface area contributed by atoms with Crippen molar-refractivity contribution in [2.45, 2.75) is 38.1 Å². The maximum Gasteiger partial charge on any atom is 0.119 e. The Morgan fingerprint density at radius 3 is 2.56 bits per heavy atom. The van der Waals surface area contributed by atoms with Crippen LogP contribution in [0.5, 0.6) is 5.75 Å². The summed E-state index contributed by atoms with van der Waals surface area (Å²) >= 11 is 3.43. The van der Waals surface area contributed by atoms with Gasteiger partial charge in [-0.2, -0.15) is 0 Å². The first kappa shape index (κ1) is 13.9. The van der Waals surface area contributed by atoms with Gasteiger partial charge in [-0.05, 0) is 56.5 Å². The van der Waals surface area contributed by atoms with Gasteiger partial charge in [0.15, 0.2) is 0 Å². The van der Waals surface area contributed by atoms with E-state index in [2.05, 4.69) is 28.3 Å². The Bertz CT molecular complexity index is 346. The fraction of sp³-hybridized carbons (Fsp3) is 0.600. The summed E-state index contributed by atoms with van der Waals surface area (Å²) < 4.78 is 6.88. The molecule has 0 aromatic heterocycles. The molecule has 18 heavy (non-hydrogen) atoms. The molecule has 100 valence electrons. The van der Waals surface area contributed by atoms with Gasteiger partial charge in [0, 0.05) is 10.5 Å². The summed E-state index contributed by atoms with van der Waals surface area (Å²) in [7, 11) is 2.07. The van der Waals surface area contributed by atoms with Gasteiger partial charge in [-0.25, -0.2) is 0 Å². The molecule has 2 rings (SSSR count). The number of halogens is 1. The fourth-order valence-electron chi connectivity index (χ4n) is 2.81. The Kier molecular flexibility index (Phi) is 5.51. The predicted octanol–water partition coefficient (Wildman–Crippen LogP) is 4.00. The van der Waals surface area contributed by atoms with Gasteiger partial charge in [0.25, 0.3) is 0 Å². The van der Waals surface area contributed by atoms with Crippen molar-refractivity contribution in [2.75, 3.05) is 13.7 Å². The average Bonchev–Trinajstić information content (AvgIpc) is 2.91. The molecular weight excluding hydrogens is 290 g/mol. The summed E-state index contributed by atoms with van der Waals surface area (Å²) in [5.74, 6) is 1.81. The zero-order valence-corrected chi connectivity index (χ0v) is 12.6. The number of ether oxygens (including phenoxy) is 1. The van der Waals surface area contributed by atoms with E-state index in [0.29, 0.717) is 6.04 Å². The molecule has 1 N–H and O–H groups in total. The van der Waals surface area contributed by atoms with Gasteiger partial charge in [0.05, 0.1) is 6.61 Å². The van der Waals surface area contributed by atoms with Crippen molar-refractivity contribution in [1.82, 2.24) is 5.32 Å². The van der Waals surface area contributed by atoms with Crippen LogP contribution in [0.25, 0.3) is 0 Å². The van der Waals surface area contributed by atoms with Gasteiger partial charge < -0.3 is 10.1 Å². The molecule has 0 heterocycles. The summed E-state index contributed by atoms with van der Waals surface area (Å²) in [6.45, 7) is 0.795. The molecule has 0 amide bonds. The fourth-order valence-corrected chi connectivity index (χ4v) is 3.07. The van der Waals surface area contributed by atoms with Crippen molar-refractivity contribution in [2.24, 2.45) is 5.92 Å². The Morgan fingerprint density at radius 2 is 1.94 bits per heavy atom. The van der Waals surface area contributed by atoms with Crippen molar-refractivity contribution < 1.29 is 4.74 Å². The van der Waals surface area contributed by atoms with Crippen LogP contribution in [0.2, 0.25) is 0 Å². The lowest BCUT2D eigenvalue weighted by atomic mass is 9.96. The van der Waals surface area contributed by atoms with Gasteiger partial charge in [-0.3, -0.25) is 0 Å². The molecule has 0 aliphatic heterocycles. The highest BCUT2D eigenvalue weighted by molar-refractivity contribution is 9.10. The Morgan fingerprint density at radius 1 is 1.28 bits per heavy atom. The number of rotatable bonds is 6. The maximum absolute atomic E-state index is 5.79. The normalized spacial score (nSPS) is 17.9. The standard InChI is InChI=1S/C15H22BrNO/c1-17-15(12-4-2-3-5-12)10-11-18-14-8-6-13(16)7-9-14/h6-9,12,15,17H,2-5,10-11H2,1H3. The topological polar surface area (TPSA) is 21.3 Å². The molecule has 2 nitrogen and oxygen atoms in total. The van der Waals surface area contributed by atoms with Crippen LogP contribution in [0.1, 0.15) is 32.1 Å². The largest absolute Gasteiger partial charge is 0.494 e. The zero-order chi connectivity index (χ0) is 12.8. The molecule has 1 aliphatic carbocycles. The average molecular weight is 312 g/mol. The van der Waals surface area contributed by atoms with Gasteiger partial charge >= 0.3 is 0 Å². The number of benzene rings is 1. The van der Waals surface area contributed by atoms with Gasteiger partial charge in [-0.1, -0.05) is 28.8 Å². The van der Waals surface area contributed by atoms with Crippen molar-refractivity contribution in [1.29, 1.82) is 0 Å². The van der Waals surface area contributed by atoms with Gasteiger partial charge in [-0.15, -0.1) is 0 Å². The Balaban J connectivity index is 1.74. The second-order valence-electron chi connectivity index (χ2n) is 5.03. The van der Waals surface area contributed by atoms with E-state index in [9.17, 15) is 0 Å². The summed E-state index contributed by atoms with van der Waals surface area (Å²) in [4.78, 5) is 0. The molecule has 1 unspecified atom stereocenters. The van der Waals surface area contributed by atoms with E-state index < -0.39 is 0 Å². The van der Waals surface area contributed by atoms with Crippen LogP contribution in [0.4, 0.5) is 0 Å². The monoisotopic (exact) mass is 311 g/mol. The molecular formula is C15H22BrNO. The highest BCUT2D eigenvalue weighted by atomic mass is 79.9. The zero-order valence-electron chi connectivity index (χ0n) is 11.0. The molecule has 3 heteroatoms. The number of nitrogens with one attached hydrogen (secondary N) is 1. The van der Waals surface area contributed by atoms with E-state index in [1.807, 2.05) is 24.3 Å². The molecule has 1 saturated carbocycles. The predicted molar refractivity (Wildman–Crippen MR) is 79.1 cm³/mol. The van der Waals surface area contributed by atoms with Crippen LogP contribution < -0.4 is 10.1 Å². The first-order valence-electron chi connectivity index (χ1n) is 6.85. The van der Waals surface area contributed by atoms with E-state index in [4.69, 9.17) is 4.74 Å². The molecule has 1 atom stereocenters. The second-order valence-corrected chi connectivity index (χ2v) is 5.95. The summed E-state index contributed by atoms with van der Waals surface area (Å²) in [6, 6.07) is 8.66. The van der Waals surface area contributed by atoms with Crippen LogP contribution in [0, 0.1) is 5.92 Å². The third-order valence-corrected chi connectivity index (χ3v) is 4.38. The SMILES string of the molecule is CNC(CCOc1ccc(Br)cc1)C1CCCC1. The third-order valence-electron chi connectivity index (χ3n) is 3.85. The summed E-state index contributed by atoms with van der Waals surface area (Å²) in [5.41, 5.74) is 0. The molecule has 0 radical (unpaired) electrons. The second kappa shape index (κ2) is 7.15. The molecule has 1 aliphatic rings. The van der Waals surface area contributed by atoms with E-state index in [-0.39, 0.29) is 0 Å². The lowest BCUT2D eigenvalue weighted by molar-refractivity contribution is 0.258. The lowest BCUT2D eigenvalue weighted by Crippen LogP contribution is -2.33. The van der Waals surface area contributed by atoms with E-state index >= 15 is 0 Å². The first-order chi connectivity index (χ1) is 8.79. The minimum Gasteiger partial charge on any atom is -0.494 e. The van der Waals surface area contributed by atoms with Crippen LogP contribution in [-0.4, -0.2) is 19.7 Å². The van der Waals surface area contributed by atoms with Crippen molar-refractivity contribution in [3.63, 3.8) is 0 Å². The van der Waals surface area contributed by atoms with Crippen LogP contribution in [0.15, 0.2) is 28.7 Å². The van der Waals surface area contributed by atoms with E-state index in [1.165, 1.54) is 25.7 Å². The van der Waals surface area contributed by atoms with Gasteiger partial charge in [0.2, 0.25) is 0 Å². The number of hydrogen-bond donors (Lipinski definition) is 1. The third kappa shape index (κ3) is 3.99. The maximum atomic E-state index is 5.79. The Hall–Kier alpha value is -0.540.